The molecule has 20 heavy (non-hydrogen) atoms. The van der Waals surface area contributed by atoms with Crippen molar-refractivity contribution in [3.8, 4) is 0 Å². The molecule has 0 aliphatic rings. The Morgan fingerprint density at radius 3 is 2.55 bits per heavy atom. The molecule has 2 aromatic rings. The van der Waals surface area contributed by atoms with Crippen molar-refractivity contribution in [1.29, 1.82) is 0 Å². The summed E-state index contributed by atoms with van der Waals surface area (Å²) in [7, 11) is 2.09. The van der Waals surface area contributed by atoms with Gasteiger partial charge in [0.05, 0.1) is 0 Å². The van der Waals surface area contributed by atoms with Crippen molar-refractivity contribution in [2.24, 2.45) is 0 Å². The van der Waals surface area contributed by atoms with Crippen LogP contribution in [0.3, 0.4) is 0 Å². The van der Waals surface area contributed by atoms with Crippen molar-refractivity contribution in [1.82, 2.24) is 10.3 Å². The standard InChI is InChI=1S/C16H23N3S/c1-16(2,3)18-11-14-10-17-15(20-14)19(4)12-13-8-6-5-7-9-13/h5-10,18H,11-12H2,1-4H3. The summed E-state index contributed by atoms with van der Waals surface area (Å²) in [6, 6.07) is 10.5. The Hall–Kier alpha value is -1.39. The maximum atomic E-state index is 4.52. The smallest absolute Gasteiger partial charge is 0.185 e. The van der Waals surface area contributed by atoms with Gasteiger partial charge in [0.15, 0.2) is 5.13 Å². The lowest BCUT2D eigenvalue weighted by Crippen LogP contribution is -2.34. The molecular formula is C16H23N3S. The lowest BCUT2D eigenvalue weighted by atomic mass is 10.1. The average molecular weight is 289 g/mol. The lowest BCUT2D eigenvalue weighted by Gasteiger charge is -2.19. The summed E-state index contributed by atoms with van der Waals surface area (Å²) in [5, 5.41) is 4.56. The number of rotatable bonds is 5. The highest BCUT2D eigenvalue weighted by molar-refractivity contribution is 7.15. The lowest BCUT2D eigenvalue weighted by molar-refractivity contribution is 0.426. The van der Waals surface area contributed by atoms with Crippen LogP contribution >= 0.6 is 11.3 Å². The molecule has 0 saturated carbocycles. The van der Waals surface area contributed by atoms with E-state index >= 15 is 0 Å². The molecule has 2 rings (SSSR count). The fourth-order valence-corrected chi connectivity index (χ4v) is 2.64. The minimum absolute atomic E-state index is 0.139. The van der Waals surface area contributed by atoms with Gasteiger partial charge in [-0.05, 0) is 26.3 Å². The van der Waals surface area contributed by atoms with E-state index in [1.54, 1.807) is 11.3 Å². The zero-order valence-electron chi connectivity index (χ0n) is 12.7. The van der Waals surface area contributed by atoms with Crippen LogP contribution in [0.1, 0.15) is 31.2 Å². The summed E-state index contributed by atoms with van der Waals surface area (Å²) in [6.45, 7) is 8.30. The van der Waals surface area contributed by atoms with E-state index < -0.39 is 0 Å². The van der Waals surface area contributed by atoms with Gasteiger partial charge in [-0.25, -0.2) is 4.98 Å². The first-order valence-corrected chi connectivity index (χ1v) is 7.70. The quantitative estimate of drug-likeness (QED) is 0.910. The number of nitrogens with zero attached hydrogens (tertiary/aromatic N) is 2. The third-order valence-electron chi connectivity index (χ3n) is 2.92. The predicted octanol–water partition coefficient (Wildman–Crippen LogP) is 3.67. The molecule has 0 aliphatic carbocycles. The minimum Gasteiger partial charge on any atom is -0.347 e. The van der Waals surface area contributed by atoms with Crippen molar-refractivity contribution in [3.05, 3.63) is 47.0 Å². The second-order valence-corrected chi connectivity index (χ2v) is 7.15. The van der Waals surface area contributed by atoms with Gasteiger partial charge in [-0.2, -0.15) is 0 Å². The van der Waals surface area contributed by atoms with E-state index in [9.17, 15) is 0 Å². The predicted molar refractivity (Wildman–Crippen MR) is 87.3 cm³/mol. The summed E-state index contributed by atoms with van der Waals surface area (Å²) in [5.41, 5.74) is 1.44. The molecule has 1 aromatic heterocycles. The number of hydrogen-bond donors (Lipinski definition) is 1. The highest BCUT2D eigenvalue weighted by Gasteiger charge is 2.11. The maximum Gasteiger partial charge on any atom is 0.185 e. The second kappa shape index (κ2) is 6.37. The van der Waals surface area contributed by atoms with Crippen LogP contribution in [-0.4, -0.2) is 17.6 Å². The van der Waals surface area contributed by atoms with Crippen LogP contribution in [0.2, 0.25) is 0 Å². The van der Waals surface area contributed by atoms with Gasteiger partial charge in [0.1, 0.15) is 0 Å². The van der Waals surface area contributed by atoms with Crippen molar-refractivity contribution in [3.63, 3.8) is 0 Å². The Bertz CT molecular complexity index is 528. The van der Waals surface area contributed by atoms with Crippen LogP contribution in [0.5, 0.6) is 0 Å². The van der Waals surface area contributed by atoms with E-state index in [0.29, 0.717) is 0 Å². The fraction of sp³-hybridized carbons (Fsp3) is 0.438. The number of aromatic nitrogens is 1. The number of thiazole rings is 1. The first-order valence-electron chi connectivity index (χ1n) is 6.89. The van der Waals surface area contributed by atoms with Gasteiger partial charge in [0.2, 0.25) is 0 Å². The summed E-state index contributed by atoms with van der Waals surface area (Å²) >= 11 is 1.75. The normalized spacial score (nSPS) is 11.6. The van der Waals surface area contributed by atoms with Crippen LogP contribution in [0.4, 0.5) is 5.13 Å². The molecule has 1 aromatic carbocycles. The third kappa shape index (κ3) is 4.62. The molecule has 0 amide bonds. The summed E-state index contributed by atoms with van der Waals surface area (Å²) < 4.78 is 0. The number of hydrogen-bond acceptors (Lipinski definition) is 4. The molecule has 0 spiro atoms. The van der Waals surface area contributed by atoms with E-state index in [1.165, 1.54) is 10.4 Å². The molecule has 4 heteroatoms. The van der Waals surface area contributed by atoms with Crippen molar-refractivity contribution >= 4 is 16.5 Å². The van der Waals surface area contributed by atoms with Crippen LogP contribution < -0.4 is 10.2 Å². The topological polar surface area (TPSA) is 28.2 Å². The van der Waals surface area contributed by atoms with Gasteiger partial charge in [0, 0.05) is 36.8 Å². The van der Waals surface area contributed by atoms with Gasteiger partial charge >= 0.3 is 0 Å². The van der Waals surface area contributed by atoms with Crippen molar-refractivity contribution < 1.29 is 0 Å². The molecule has 0 atom stereocenters. The number of anilines is 1. The van der Waals surface area contributed by atoms with Gasteiger partial charge in [-0.3, -0.25) is 0 Å². The van der Waals surface area contributed by atoms with Crippen LogP contribution in [0.15, 0.2) is 36.5 Å². The molecule has 0 fully saturated rings. The Morgan fingerprint density at radius 2 is 1.90 bits per heavy atom. The van der Waals surface area contributed by atoms with E-state index in [0.717, 1.165) is 18.2 Å². The molecule has 3 nitrogen and oxygen atoms in total. The summed E-state index contributed by atoms with van der Waals surface area (Å²) in [6.07, 6.45) is 1.97. The average Bonchev–Trinajstić information content (AvgIpc) is 2.86. The summed E-state index contributed by atoms with van der Waals surface area (Å²) in [5.74, 6) is 0. The molecule has 0 radical (unpaired) electrons. The fourth-order valence-electron chi connectivity index (χ4n) is 1.83. The molecule has 1 heterocycles. The highest BCUT2D eigenvalue weighted by atomic mass is 32.1. The first-order chi connectivity index (χ1) is 9.44. The number of benzene rings is 1. The van der Waals surface area contributed by atoms with Gasteiger partial charge in [-0.15, -0.1) is 11.3 Å². The molecular weight excluding hydrogens is 266 g/mol. The zero-order valence-corrected chi connectivity index (χ0v) is 13.5. The highest BCUT2D eigenvalue weighted by Crippen LogP contribution is 2.23. The van der Waals surface area contributed by atoms with Crippen molar-refractivity contribution in [2.75, 3.05) is 11.9 Å². The Balaban J connectivity index is 1.94. The largest absolute Gasteiger partial charge is 0.347 e. The Morgan fingerprint density at radius 1 is 1.20 bits per heavy atom. The molecule has 0 aliphatic heterocycles. The summed E-state index contributed by atoms with van der Waals surface area (Å²) in [4.78, 5) is 7.99. The van der Waals surface area contributed by atoms with Gasteiger partial charge in [-0.1, -0.05) is 30.3 Å². The Kier molecular flexibility index (Phi) is 4.78. The van der Waals surface area contributed by atoms with E-state index in [2.05, 4.69) is 67.3 Å². The monoisotopic (exact) mass is 289 g/mol. The third-order valence-corrected chi connectivity index (χ3v) is 4.04. The SMILES string of the molecule is CN(Cc1ccccc1)c1ncc(CNC(C)(C)C)s1. The second-order valence-electron chi connectivity index (χ2n) is 6.05. The minimum atomic E-state index is 0.139. The van der Waals surface area contributed by atoms with Crippen LogP contribution in [0, 0.1) is 0 Å². The Labute approximate surface area is 125 Å². The van der Waals surface area contributed by atoms with Crippen LogP contribution in [0.25, 0.3) is 0 Å². The molecule has 108 valence electrons. The molecule has 0 saturated heterocycles. The van der Waals surface area contributed by atoms with E-state index in [4.69, 9.17) is 0 Å². The maximum absolute atomic E-state index is 4.52. The van der Waals surface area contributed by atoms with E-state index in [1.807, 2.05) is 12.3 Å². The first kappa shape index (κ1) is 15.0. The molecule has 0 bridgehead atoms. The number of nitrogens with one attached hydrogen (secondary N) is 1. The molecule has 1 N–H and O–H groups in total. The molecule has 0 unspecified atom stereocenters. The van der Waals surface area contributed by atoms with Crippen LogP contribution in [-0.2, 0) is 13.1 Å². The van der Waals surface area contributed by atoms with Gasteiger partial charge in [0.25, 0.3) is 0 Å². The van der Waals surface area contributed by atoms with E-state index in [-0.39, 0.29) is 5.54 Å². The van der Waals surface area contributed by atoms with Gasteiger partial charge < -0.3 is 10.2 Å². The van der Waals surface area contributed by atoms with Crippen molar-refractivity contribution in [2.45, 2.75) is 39.4 Å². The zero-order chi connectivity index (χ0) is 14.6.